The van der Waals surface area contributed by atoms with Gasteiger partial charge >= 0.3 is 0 Å². The number of aromatic nitrogens is 4. The molecule has 1 spiro atoms. The van der Waals surface area contributed by atoms with Crippen molar-refractivity contribution in [2.75, 3.05) is 0 Å². The maximum atomic E-state index is 5.33. The van der Waals surface area contributed by atoms with Gasteiger partial charge < -0.3 is 0 Å². The molecule has 12 aromatic rings. The summed E-state index contributed by atoms with van der Waals surface area (Å²) in [6.45, 7) is 0. The first-order valence-electron chi connectivity index (χ1n) is 23.3. The van der Waals surface area contributed by atoms with E-state index in [1.807, 2.05) is 12.1 Å². The second-order valence-electron chi connectivity index (χ2n) is 17.9. The van der Waals surface area contributed by atoms with Gasteiger partial charge in [-0.15, -0.1) is 0 Å². The zero-order chi connectivity index (χ0) is 44.8. The van der Waals surface area contributed by atoms with Gasteiger partial charge in [0.1, 0.15) is 0 Å². The van der Waals surface area contributed by atoms with Gasteiger partial charge in [-0.3, -0.25) is 4.57 Å². The van der Waals surface area contributed by atoms with Crippen LogP contribution in [0.2, 0.25) is 0 Å². The molecule has 68 heavy (non-hydrogen) atoms. The summed E-state index contributed by atoms with van der Waals surface area (Å²) in [6, 6.07) is 87.5. The first-order valence-corrected chi connectivity index (χ1v) is 23.3. The van der Waals surface area contributed by atoms with Crippen LogP contribution < -0.4 is 0 Å². The van der Waals surface area contributed by atoms with Crippen molar-refractivity contribution < 1.29 is 0 Å². The van der Waals surface area contributed by atoms with Crippen LogP contribution in [0, 0.1) is 0 Å². The third-order valence-corrected chi connectivity index (χ3v) is 14.3. The maximum Gasteiger partial charge on any atom is 0.238 e. The number of benzene rings is 10. The molecule has 0 amide bonds. The number of para-hydroxylation sites is 1. The number of rotatable bonds is 6. The lowest BCUT2D eigenvalue weighted by Gasteiger charge is -2.30. The Kier molecular flexibility index (Phi) is 8.46. The van der Waals surface area contributed by atoms with Crippen LogP contribution in [0.25, 0.3) is 106 Å². The molecule has 0 aliphatic heterocycles. The van der Waals surface area contributed by atoms with Gasteiger partial charge in [0, 0.05) is 21.9 Å². The SMILES string of the molecule is c1ccc(-c2ccc(-c3nc(-c4ccc(-c5ccccc5)cc4)nc(-n4c5ccccc5c5ccc(-c6ccc7c(c6)-c6ccccc6C76c7ccccc7-c7ccccc76)cc54)n3)cc2)cc1. The fourth-order valence-corrected chi connectivity index (χ4v) is 11.3. The predicted octanol–water partition coefficient (Wildman–Crippen LogP) is 15.6. The van der Waals surface area contributed by atoms with E-state index in [-0.39, 0.29) is 5.41 Å². The molecule has 2 heterocycles. The highest BCUT2D eigenvalue weighted by Crippen LogP contribution is 2.63. The minimum Gasteiger partial charge on any atom is -0.278 e. The van der Waals surface area contributed by atoms with Crippen LogP contribution in [0.15, 0.2) is 243 Å². The van der Waals surface area contributed by atoms with Crippen molar-refractivity contribution in [3.05, 3.63) is 265 Å². The summed E-state index contributed by atoms with van der Waals surface area (Å²) in [7, 11) is 0. The molecule has 10 aromatic carbocycles. The highest BCUT2D eigenvalue weighted by atomic mass is 15.2. The van der Waals surface area contributed by atoms with Crippen LogP contribution in [0.5, 0.6) is 0 Å². The Morgan fingerprint density at radius 2 is 0.662 bits per heavy atom. The van der Waals surface area contributed by atoms with Crippen LogP contribution in [0.1, 0.15) is 22.3 Å². The molecule has 14 rings (SSSR count). The van der Waals surface area contributed by atoms with Gasteiger partial charge in [-0.1, -0.05) is 224 Å². The molecule has 0 fully saturated rings. The van der Waals surface area contributed by atoms with Gasteiger partial charge in [-0.05, 0) is 96.1 Å². The molecule has 316 valence electrons. The number of fused-ring (bicyclic) bond motifs is 13. The first-order chi connectivity index (χ1) is 33.7. The predicted molar refractivity (Wildman–Crippen MR) is 278 cm³/mol. The molecular formula is C64H40N4. The molecule has 2 aromatic heterocycles. The fraction of sp³-hybridized carbons (Fsp3) is 0.0156. The molecule has 0 atom stereocenters. The third kappa shape index (κ3) is 5.71. The Morgan fingerprint density at radius 3 is 1.24 bits per heavy atom. The lowest BCUT2D eigenvalue weighted by Crippen LogP contribution is -2.25. The van der Waals surface area contributed by atoms with E-state index in [4.69, 9.17) is 15.0 Å². The molecule has 2 aliphatic rings. The average molecular weight is 865 g/mol. The highest BCUT2D eigenvalue weighted by molar-refractivity contribution is 6.10. The number of nitrogens with zero attached hydrogens (tertiary/aromatic N) is 4. The Labute approximate surface area is 394 Å². The third-order valence-electron chi connectivity index (χ3n) is 14.3. The molecule has 0 radical (unpaired) electrons. The molecule has 0 saturated carbocycles. The van der Waals surface area contributed by atoms with Crippen molar-refractivity contribution in [2.45, 2.75) is 5.41 Å². The van der Waals surface area contributed by atoms with Crippen LogP contribution in [0.3, 0.4) is 0 Å². The van der Waals surface area contributed by atoms with E-state index in [1.54, 1.807) is 0 Å². The van der Waals surface area contributed by atoms with E-state index in [0.29, 0.717) is 17.6 Å². The van der Waals surface area contributed by atoms with Crippen LogP contribution in [-0.4, -0.2) is 19.5 Å². The van der Waals surface area contributed by atoms with E-state index in [0.717, 1.165) is 66.3 Å². The quantitative estimate of drug-likeness (QED) is 0.167. The van der Waals surface area contributed by atoms with Gasteiger partial charge in [0.25, 0.3) is 0 Å². The van der Waals surface area contributed by atoms with E-state index in [9.17, 15) is 0 Å². The van der Waals surface area contributed by atoms with E-state index in [1.165, 1.54) is 44.5 Å². The van der Waals surface area contributed by atoms with Crippen molar-refractivity contribution in [1.82, 2.24) is 19.5 Å². The van der Waals surface area contributed by atoms with Crippen molar-refractivity contribution in [3.8, 4) is 84.4 Å². The van der Waals surface area contributed by atoms with Gasteiger partial charge in [0.05, 0.1) is 16.4 Å². The summed E-state index contributed by atoms with van der Waals surface area (Å²) in [5.74, 6) is 1.79. The molecule has 0 bridgehead atoms. The molecule has 0 saturated heterocycles. The smallest absolute Gasteiger partial charge is 0.238 e. The second kappa shape index (κ2) is 15.0. The lowest BCUT2D eigenvalue weighted by atomic mass is 9.70. The number of hydrogen-bond donors (Lipinski definition) is 0. The summed E-state index contributed by atoms with van der Waals surface area (Å²) in [6.07, 6.45) is 0. The molecule has 4 nitrogen and oxygen atoms in total. The van der Waals surface area contributed by atoms with Gasteiger partial charge in [-0.2, -0.15) is 9.97 Å². The number of hydrogen-bond acceptors (Lipinski definition) is 3. The largest absolute Gasteiger partial charge is 0.278 e. The van der Waals surface area contributed by atoms with Gasteiger partial charge in [-0.25, -0.2) is 4.98 Å². The standard InChI is InChI=1S/C64H40N4/c1-3-15-41(16-4-1)43-27-31-45(32-28-43)61-65-62(46-33-29-44(30-34-46)42-17-5-2-6-18-42)67-63(66-61)68-59-26-14-10-22-52(59)53-37-35-48(40-60(53)68)47-36-38-58-54(39-47)51-21-9-13-25-57(51)64(58)55-23-11-7-19-49(55)50-20-8-12-24-56(50)64/h1-40H. The Balaban J connectivity index is 0.944. The molecule has 0 unspecified atom stereocenters. The topological polar surface area (TPSA) is 43.6 Å². The van der Waals surface area contributed by atoms with E-state index >= 15 is 0 Å². The molecule has 4 heteroatoms. The van der Waals surface area contributed by atoms with Crippen LogP contribution >= 0.6 is 0 Å². The summed E-state index contributed by atoms with van der Waals surface area (Å²) >= 11 is 0. The van der Waals surface area contributed by atoms with Crippen LogP contribution in [0.4, 0.5) is 0 Å². The van der Waals surface area contributed by atoms with Gasteiger partial charge in [0.15, 0.2) is 11.6 Å². The zero-order valence-electron chi connectivity index (χ0n) is 36.9. The highest BCUT2D eigenvalue weighted by Gasteiger charge is 2.51. The second-order valence-corrected chi connectivity index (χ2v) is 17.9. The Bertz CT molecular complexity index is 3800. The normalized spacial score (nSPS) is 12.8. The van der Waals surface area contributed by atoms with Crippen molar-refractivity contribution in [2.24, 2.45) is 0 Å². The monoisotopic (exact) mass is 864 g/mol. The summed E-state index contributed by atoms with van der Waals surface area (Å²) in [5, 5.41) is 2.28. The molecular weight excluding hydrogens is 825 g/mol. The van der Waals surface area contributed by atoms with Gasteiger partial charge in [0.2, 0.25) is 5.95 Å². The lowest BCUT2D eigenvalue weighted by molar-refractivity contribution is 0.794. The first kappa shape index (κ1) is 38.3. The van der Waals surface area contributed by atoms with Crippen molar-refractivity contribution >= 4 is 21.8 Å². The van der Waals surface area contributed by atoms with Crippen LogP contribution in [-0.2, 0) is 5.41 Å². The summed E-state index contributed by atoms with van der Waals surface area (Å²) < 4.78 is 2.23. The Hall–Kier alpha value is -8.99. The minimum atomic E-state index is -0.383. The fourth-order valence-electron chi connectivity index (χ4n) is 11.3. The van der Waals surface area contributed by atoms with E-state index in [2.05, 4.69) is 235 Å². The van der Waals surface area contributed by atoms with Crippen molar-refractivity contribution in [1.29, 1.82) is 0 Å². The maximum absolute atomic E-state index is 5.33. The summed E-state index contributed by atoms with van der Waals surface area (Å²) in [4.78, 5) is 15.9. The van der Waals surface area contributed by atoms with E-state index < -0.39 is 0 Å². The molecule has 2 aliphatic carbocycles. The van der Waals surface area contributed by atoms with Crippen molar-refractivity contribution in [3.63, 3.8) is 0 Å². The summed E-state index contributed by atoms with van der Waals surface area (Å²) in [5.41, 5.74) is 20.9. The zero-order valence-corrected chi connectivity index (χ0v) is 36.9. The Morgan fingerprint density at radius 1 is 0.265 bits per heavy atom. The molecule has 0 N–H and O–H groups in total. The minimum absolute atomic E-state index is 0.383. The average Bonchev–Trinajstić information content (AvgIpc) is 4.03.